The summed E-state index contributed by atoms with van der Waals surface area (Å²) in [5.41, 5.74) is 2.85. The minimum absolute atomic E-state index is 0.0144. The van der Waals surface area contributed by atoms with Crippen LogP contribution in [0.5, 0.6) is 0 Å². The highest BCUT2D eigenvalue weighted by Gasteiger charge is 2.18. The number of nitrogens with zero attached hydrogens (tertiary/aromatic N) is 3. The molecule has 1 amide bonds. The Kier molecular flexibility index (Phi) is 4.58. The van der Waals surface area contributed by atoms with E-state index in [1.54, 1.807) is 22.8 Å². The van der Waals surface area contributed by atoms with Gasteiger partial charge in [-0.3, -0.25) is 14.2 Å². The number of para-hydroxylation sites is 2. The molecule has 0 unspecified atom stereocenters. The standard InChI is InChI=1S/C23H23N5O2/c1-14(21-26-17-7-4-5-8-18(17)27-21)24-22(29)15-10-11-16-19(13-15)25-20-9-3-2-6-12-28(20)23(16)30/h4-5,7-8,10-11,13-14H,2-3,6,9,12H2,1H3,(H,24,29)(H,26,27)/t14-/m1/s1. The van der Waals surface area contributed by atoms with Crippen molar-refractivity contribution in [3.63, 3.8) is 0 Å². The van der Waals surface area contributed by atoms with E-state index in [2.05, 4.69) is 15.3 Å². The summed E-state index contributed by atoms with van der Waals surface area (Å²) >= 11 is 0. The number of hydrogen-bond acceptors (Lipinski definition) is 4. The zero-order valence-corrected chi connectivity index (χ0v) is 16.8. The number of nitrogens with one attached hydrogen (secondary N) is 2. The largest absolute Gasteiger partial charge is 0.342 e. The third-order valence-electron chi connectivity index (χ3n) is 5.74. The van der Waals surface area contributed by atoms with Gasteiger partial charge < -0.3 is 10.3 Å². The lowest BCUT2D eigenvalue weighted by Gasteiger charge is -2.13. The van der Waals surface area contributed by atoms with Gasteiger partial charge in [-0.15, -0.1) is 0 Å². The topological polar surface area (TPSA) is 92.7 Å². The molecule has 2 N–H and O–H groups in total. The van der Waals surface area contributed by atoms with Gasteiger partial charge in [0.15, 0.2) is 0 Å². The monoisotopic (exact) mass is 401 g/mol. The number of carbonyl (C=O) groups excluding carboxylic acids is 1. The number of imidazole rings is 1. The molecule has 1 atom stereocenters. The summed E-state index contributed by atoms with van der Waals surface area (Å²) in [7, 11) is 0. The molecule has 1 aliphatic heterocycles. The van der Waals surface area contributed by atoms with E-state index in [9.17, 15) is 9.59 Å². The fourth-order valence-corrected chi connectivity index (χ4v) is 4.09. The van der Waals surface area contributed by atoms with Gasteiger partial charge in [0.05, 0.1) is 28.0 Å². The molecule has 4 aromatic rings. The van der Waals surface area contributed by atoms with Crippen LogP contribution in [0.4, 0.5) is 0 Å². The van der Waals surface area contributed by atoms with Gasteiger partial charge in [0.25, 0.3) is 11.5 Å². The Labute approximate surface area is 173 Å². The second-order valence-corrected chi connectivity index (χ2v) is 7.86. The predicted octanol–water partition coefficient (Wildman–Crippen LogP) is 3.49. The molecule has 0 radical (unpaired) electrons. The van der Waals surface area contributed by atoms with E-state index in [0.717, 1.165) is 42.5 Å². The predicted molar refractivity (Wildman–Crippen MR) is 116 cm³/mol. The number of benzene rings is 2. The maximum absolute atomic E-state index is 12.9. The number of hydrogen-bond donors (Lipinski definition) is 2. The molecule has 2 aromatic carbocycles. The molecule has 3 heterocycles. The Bertz CT molecular complexity index is 1290. The molecule has 7 nitrogen and oxygen atoms in total. The van der Waals surface area contributed by atoms with Crippen LogP contribution >= 0.6 is 0 Å². The third kappa shape index (κ3) is 3.26. The van der Waals surface area contributed by atoms with Crippen LogP contribution in [0.15, 0.2) is 47.3 Å². The SMILES string of the molecule is C[C@@H](NC(=O)c1ccc2c(=O)n3c(nc2c1)CCCCC3)c1nc2ccccc2[nH]1. The highest BCUT2D eigenvalue weighted by atomic mass is 16.1. The second-order valence-electron chi connectivity index (χ2n) is 7.86. The van der Waals surface area contributed by atoms with Gasteiger partial charge in [0, 0.05) is 18.5 Å². The summed E-state index contributed by atoms with van der Waals surface area (Å²) < 4.78 is 1.79. The highest BCUT2D eigenvalue weighted by molar-refractivity contribution is 5.97. The second kappa shape index (κ2) is 7.40. The minimum atomic E-state index is -0.286. The average Bonchev–Trinajstić information content (AvgIpc) is 3.05. The maximum atomic E-state index is 12.9. The molecule has 5 rings (SSSR count). The van der Waals surface area contributed by atoms with E-state index >= 15 is 0 Å². The molecule has 0 spiro atoms. The van der Waals surface area contributed by atoms with E-state index in [4.69, 9.17) is 4.98 Å². The smallest absolute Gasteiger partial charge is 0.261 e. The first-order valence-electron chi connectivity index (χ1n) is 10.4. The van der Waals surface area contributed by atoms with E-state index in [0.29, 0.717) is 28.8 Å². The Hall–Kier alpha value is -3.48. The number of rotatable bonds is 3. The number of fused-ring (bicyclic) bond motifs is 3. The van der Waals surface area contributed by atoms with Crippen molar-refractivity contribution in [2.24, 2.45) is 0 Å². The zero-order chi connectivity index (χ0) is 20.7. The van der Waals surface area contributed by atoms with Crippen LogP contribution in [0.25, 0.3) is 21.9 Å². The first kappa shape index (κ1) is 18.5. The molecule has 30 heavy (non-hydrogen) atoms. The number of amides is 1. The van der Waals surface area contributed by atoms with Gasteiger partial charge in [0.2, 0.25) is 0 Å². The van der Waals surface area contributed by atoms with E-state index in [1.165, 1.54) is 0 Å². The number of H-pyrrole nitrogens is 1. The fraction of sp³-hybridized carbons (Fsp3) is 0.304. The van der Waals surface area contributed by atoms with Crippen molar-refractivity contribution < 1.29 is 4.79 Å². The van der Waals surface area contributed by atoms with Gasteiger partial charge in [-0.2, -0.15) is 0 Å². The summed E-state index contributed by atoms with van der Waals surface area (Å²) in [4.78, 5) is 38.2. The molecule has 0 saturated heterocycles. The van der Waals surface area contributed by atoms with E-state index in [-0.39, 0.29) is 17.5 Å². The van der Waals surface area contributed by atoms with Gasteiger partial charge in [-0.05, 0) is 50.1 Å². The average molecular weight is 401 g/mol. The lowest BCUT2D eigenvalue weighted by Crippen LogP contribution is -2.28. The molecule has 1 aliphatic rings. The number of aromatic amines is 1. The van der Waals surface area contributed by atoms with Gasteiger partial charge in [-0.1, -0.05) is 18.6 Å². The van der Waals surface area contributed by atoms with Crippen LogP contribution in [0, 0.1) is 0 Å². The van der Waals surface area contributed by atoms with Crippen LogP contribution in [-0.4, -0.2) is 25.4 Å². The highest BCUT2D eigenvalue weighted by Crippen LogP contribution is 2.18. The van der Waals surface area contributed by atoms with Crippen LogP contribution in [-0.2, 0) is 13.0 Å². The summed E-state index contributed by atoms with van der Waals surface area (Å²) in [5, 5.41) is 3.54. The minimum Gasteiger partial charge on any atom is -0.342 e. The van der Waals surface area contributed by atoms with Crippen LogP contribution in [0.1, 0.15) is 54.2 Å². The van der Waals surface area contributed by atoms with Crippen LogP contribution in [0.2, 0.25) is 0 Å². The number of aromatic nitrogens is 4. The van der Waals surface area contributed by atoms with Crippen molar-refractivity contribution in [3.8, 4) is 0 Å². The molecule has 152 valence electrons. The Balaban J connectivity index is 1.43. The Morgan fingerprint density at radius 2 is 1.97 bits per heavy atom. The summed E-state index contributed by atoms with van der Waals surface area (Å²) in [5.74, 6) is 1.30. The molecular formula is C23H23N5O2. The first-order chi connectivity index (χ1) is 14.6. The number of carbonyl (C=O) groups is 1. The fourth-order valence-electron chi connectivity index (χ4n) is 4.09. The van der Waals surface area contributed by atoms with Crippen molar-refractivity contribution in [1.82, 2.24) is 24.8 Å². The zero-order valence-electron chi connectivity index (χ0n) is 16.8. The number of aryl methyl sites for hydroxylation is 1. The van der Waals surface area contributed by atoms with Gasteiger partial charge in [0.1, 0.15) is 11.6 Å². The third-order valence-corrected chi connectivity index (χ3v) is 5.74. The van der Waals surface area contributed by atoms with Crippen molar-refractivity contribution >= 4 is 27.8 Å². The first-order valence-corrected chi connectivity index (χ1v) is 10.4. The van der Waals surface area contributed by atoms with Gasteiger partial charge in [-0.25, -0.2) is 9.97 Å². The summed E-state index contributed by atoms with van der Waals surface area (Å²) in [6.45, 7) is 2.61. The van der Waals surface area contributed by atoms with E-state index < -0.39 is 0 Å². The van der Waals surface area contributed by atoms with Crippen molar-refractivity contribution in [2.75, 3.05) is 0 Å². The summed E-state index contributed by atoms with van der Waals surface area (Å²) in [6.07, 6.45) is 3.94. The molecule has 0 saturated carbocycles. The lowest BCUT2D eigenvalue weighted by atomic mass is 10.1. The molecule has 0 aliphatic carbocycles. The molecular weight excluding hydrogens is 378 g/mol. The summed E-state index contributed by atoms with van der Waals surface area (Å²) in [6, 6.07) is 12.6. The van der Waals surface area contributed by atoms with Crippen LogP contribution < -0.4 is 10.9 Å². The van der Waals surface area contributed by atoms with Crippen molar-refractivity contribution in [3.05, 3.63) is 70.0 Å². The molecule has 7 heteroatoms. The molecule has 2 aromatic heterocycles. The van der Waals surface area contributed by atoms with E-state index in [1.807, 2.05) is 31.2 Å². The normalized spacial score (nSPS) is 15.0. The maximum Gasteiger partial charge on any atom is 0.261 e. The Morgan fingerprint density at radius 1 is 1.10 bits per heavy atom. The molecule has 0 fully saturated rings. The van der Waals surface area contributed by atoms with Crippen LogP contribution in [0.3, 0.4) is 0 Å². The van der Waals surface area contributed by atoms with Crippen molar-refractivity contribution in [2.45, 2.75) is 45.2 Å². The van der Waals surface area contributed by atoms with Gasteiger partial charge >= 0.3 is 0 Å². The lowest BCUT2D eigenvalue weighted by molar-refractivity contribution is 0.0938. The Morgan fingerprint density at radius 3 is 2.83 bits per heavy atom. The molecule has 0 bridgehead atoms. The quantitative estimate of drug-likeness (QED) is 0.550. The van der Waals surface area contributed by atoms with Crippen molar-refractivity contribution in [1.29, 1.82) is 0 Å².